The van der Waals surface area contributed by atoms with E-state index in [1.54, 1.807) is 13.3 Å². The lowest BCUT2D eigenvalue weighted by atomic mass is 9.80. The van der Waals surface area contributed by atoms with Crippen LogP contribution in [-0.4, -0.2) is 35.7 Å². The summed E-state index contributed by atoms with van der Waals surface area (Å²) < 4.78 is 12.8. The first-order valence-corrected chi connectivity index (χ1v) is 10.1. The number of carbonyl (C=O) groups is 1. The minimum Gasteiger partial charge on any atom is -0.490 e. The zero-order valence-electron chi connectivity index (χ0n) is 17.5. The van der Waals surface area contributed by atoms with Crippen molar-refractivity contribution in [2.75, 3.05) is 20.3 Å². The molecule has 6 nitrogen and oxygen atoms in total. The highest BCUT2D eigenvalue weighted by atomic mass is 35.5. The van der Waals surface area contributed by atoms with Gasteiger partial charge in [0.25, 0.3) is 0 Å². The lowest BCUT2D eigenvalue weighted by Crippen LogP contribution is -2.33. The molecule has 156 valence electrons. The van der Waals surface area contributed by atoms with Gasteiger partial charge in [-0.1, -0.05) is 32.4 Å². The highest BCUT2D eigenvalue weighted by Gasteiger charge is 2.34. The van der Waals surface area contributed by atoms with Gasteiger partial charge in [0, 0.05) is 38.4 Å². The average Bonchev–Trinajstić information content (AvgIpc) is 2.63. The Bertz CT molecular complexity index is 992. The van der Waals surface area contributed by atoms with Gasteiger partial charge in [-0.15, -0.1) is 0 Å². The first-order valence-electron chi connectivity index (χ1n) is 9.72. The van der Waals surface area contributed by atoms with E-state index < -0.39 is 0 Å². The van der Waals surface area contributed by atoms with Gasteiger partial charge in [-0.25, -0.2) is 4.98 Å². The molecule has 0 spiro atoms. The predicted molar refractivity (Wildman–Crippen MR) is 113 cm³/mol. The molecule has 0 aliphatic carbocycles. The second kappa shape index (κ2) is 8.28. The maximum Gasteiger partial charge on any atom is 0.193 e. The van der Waals surface area contributed by atoms with Crippen LogP contribution >= 0.6 is 11.6 Å². The van der Waals surface area contributed by atoms with Gasteiger partial charge in [0.05, 0.1) is 23.6 Å². The summed E-state index contributed by atoms with van der Waals surface area (Å²) in [5, 5.41) is 0.255. The normalized spacial score (nSPS) is 15.6. The van der Waals surface area contributed by atoms with Crippen LogP contribution in [0.2, 0.25) is 5.15 Å². The number of pyridine rings is 2. The Morgan fingerprint density at radius 3 is 2.66 bits per heavy atom. The summed E-state index contributed by atoms with van der Waals surface area (Å²) in [4.78, 5) is 29.0. The molecule has 3 rings (SSSR count). The molecule has 0 amide bonds. The Morgan fingerprint density at radius 1 is 1.31 bits per heavy atom. The largest absolute Gasteiger partial charge is 0.490 e. The number of nitrogens with zero attached hydrogens (tertiary/aromatic N) is 2. The number of hydrogen-bond acceptors (Lipinski definition) is 5. The Labute approximate surface area is 175 Å². The molecule has 0 fully saturated rings. The molecule has 2 aromatic rings. The average molecular weight is 419 g/mol. The quantitative estimate of drug-likeness (QED) is 0.397. The van der Waals surface area contributed by atoms with E-state index in [2.05, 4.69) is 25.8 Å². The number of halogens is 1. The summed E-state index contributed by atoms with van der Waals surface area (Å²) >= 11 is 6.38. The van der Waals surface area contributed by atoms with E-state index in [1.165, 1.54) is 13.0 Å². The van der Waals surface area contributed by atoms with Crippen LogP contribution in [-0.2, 0) is 11.2 Å². The van der Waals surface area contributed by atoms with Gasteiger partial charge in [-0.05, 0) is 30.4 Å². The zero-order chi connectivity index (χ0) is 21.3. The topological polar surface area (TPSA) is 70.4 Å². The number of hydrogen-bond donors (Lipinski definition) is 0. The maximum absolute atomic E-state index is 12.5. The lowest BCUT2D eigenvalue weighted by molar-refractivity contribution is 0.101. The summed E-state index contributed by atoms with van der Waals surface area (Å²) in [7, 11) is 1.65. The van der Waals surface area contributed by atoms with E-state index in [9.17, 15) is 9.59 Å². The van der Waals surface area contributed by atoms with Crippen LogP contribution in [0.15, 0.2) is 23.1 Å². The van der Waals surface area contributed by atoms with Crippen LogP contribution in [0.25, 0.3) is 11.4 Å². The summed E-state index contributed by atoms with van der Waals surface area (Å²) in [6.07, 6.45) is 3.12. The van der Waals surface area contributed by atoms with Gasteiger partial charge in [-0.2, -0.15) is 0 Å². The molecule has 0 aromatic carbocycles. The first-order chi connectivity index (χ1) is 13.6. The molecule has 29 heavy (non-hydrogen) atoms. The highest BCUT2D eigenvalue weighted by molar-refractivity contribution is 6.31. The molecule has 0 N–H and O–H groups in total. The fourth-order valence-electron chi connectivity index (χ4n) is 3.67. The van der Waals surface area contributed by atoms with Crippen LogP contribution < -0.4 is 10.2 Å². The number of carbonyl (C=O) groups excluding carboxylic acids is 1. The number of ketones is 1. The Hall–Kier alpha value is -2.18. The number of methoxy groups -OCH3 is 1. The molecule has 0 radical (unpaired) electrons. The van der Waals surface area contributed by atoms with Crippen molar-refractivity contribution in [2.45, 2.75) is 46.6 Å². The van der Waals surface area contributed by atoms with E-state index in [-0.39, 0.29) is 33.4 Å². The van der Waals surface area contributed by atoms with Crippen molar-refractivity contribution in [1.82, 2.24) is 9.55 Å². The molecule has 7 heteroatoms. The second-order valence-electron chi connectivity index (χ2n) is 8.47. The van der Waals surface area contributed by atoms with Crippen LogP contribution in [0.1, 0.15) is 56.1 Å². The number of ether oxygens (including phenoxy) is 2. The zero-order valence-corrected chi connectivity index (χ0v) is 18.3. The molecule has 1 aliphatic rings. The third-order valence-corrected chi connectivity index (χ3v) is 5.49. The van der Waals surface area contributed by atoms with Crippen molar-refractivity contribution in [3.8, 4) is 17.1 Å². The molecular formula is C22H27ClN2O4. The Balaban J connectivity index is 2.11. The molecular weight excluding hydrogens is 392 g/mol. The number of aromatic nitrogens is 2. The van der Waals surface area contributed by atoms with Gasteiger partial charge < -0.3 is 14.0 Å². The van der Waals surface area contributed by atoms with Crippen LogP contribution in [0.3, 0.4) is 0 Å². The van der Waals surface area contributed by atoms with Crippen molar-refractivity contribution < 1.29 is 14.3 Å². The second-order valence-corrected chi connectivity index (χ2v) is 8.82. The summed E-state index contributed by atoms with van der Waals surface area (Å²) in [6.45, 7) is 8.93. The molecule has 1 atom stereocenters. The molecule has 1 aliphatic heterocycles. The van der Waals surface area contributed by atoms with Gasteiger partial charge in [0.15, 0.2) is 22.1 Å². The first kappa shape index (κ1) is 21.5. The van der Waals surface area contributed by atoms with Gasteiger partial charge in [0.1, 0.15) is 0 Å². The molecule has 0 saturated carbocycles. The van der Waals surface area contributed by atoms with Gasteiger partial charge >= 0.3 is 0 Å². The molecule has 2 aromatic heterocycles. The van der Waals surface area contributed by atoms with E-state index in [4.69, 9.17) is 21.1 Å². The van der Waals surface area contributed by atoms with Crippen molar-refractivity contribution in [3.05, 3.63) is 44.8 Å². The summed E-state index contributed by atoms with van der Waals surface area (Å²) in [5.41, 5.74) is 2.10. The van der Waals surface area contributed by atoms with E-state index in [0.29, 0.717) is 36.8 Å². The van der Waals surface area contributed by atoms with Gasteiger partial charge in [0.2, 0.25) is 0 Å². The predicted octanol–water partition coefficient (Wildman–Crippen LogP) is 4.32. The van der Waals surface area contributed by atoms with Crippen LogP contribution in [0.4, 0.5) is 0 Å². The van der Waals surface area contributed by atoms with Crippen molar-refractivity contribution >= 4 is 17.4 Å². The number of Topliss-reactive ketones (excluding diaryl/α,β-unsaturated/α-hetero) is 1. The highest BCUT2D eigenvalue weighted by Crippen LogP contribution is 2.43. The Morgan fingerprint density at radius 2 is 2.03 bits per heavy atom. The summed E-state index contributed by atoms with van der Waals surface area (Å²) in [6, 6.07) is 3.46. The lowest BCUT2D eigenvalue weighted by Gasteiger charge is -2.38. The van der Waals surface area contributed by atoms with E-state index in [0.717, 1.165) is 12.0 Å². The third-order valence-electron chi connectivity index (χ3n) is 5.22. The van der Waals surface area contributed by atoms with E-state index >= 15 is 0 Å². The molecule has 0 unspecified atom stereocenters. The fraction of sp³-hybridized carbons (Fsp3) is 0.500. The Kier molecular flexibility index (Phi) is 6.15. The minimum absolute atomic E-state index is 0.0491. The molecule has 0 saturated heterocycles. The monoisotopic (exact) mass is 418 g/mol. The van der Waals surface area contributed by atoms with Crippen molar-refractivity contribution in [2.24, 2.45) is 5.41 Å². The van der Waals surface area contributed by atoms with Crippen LogP contribution in [0, 0.1) is 5.41 Å². The number of fused-ring (bicyclic) bond motifs is 3. The van der Waals surface area contributed by atoms with Crippen molar-refractivity contribution in [3.63, 3.8) is 0 Å². The molecule has 3 heterocycles. The van der Waals surface area contributed by atoms with E-state index in [1.807, 2.05) is 10.6 Å². The molecule has 0 bridgehead atoms. The van der Waals surface area contributed by atoms with Crippen LogP contribution in [0.5, 0.6) is 5.75 Å². The van der Waals surface area contributed by atoms with Gasteiger partial charge in [-0.3, -0.25) is 9.59 Å². The third kappa shape index (κ3) is 4.38. The standard InChI is InChI=1S/C22H27ClN2O4/c1-13(26)15-12-25-16(11-17(15)27)20-14(10-19(25)22(2,3)4)9-18(21(23)24-20)29-8-6-7-28-5/h9,11-12,19H,6-8,10H2,1-5H3/t19-/m0/s1. The van der Waals surface area contributed by atoms with Crippen molar-refractivity contribution in [1.29, 1.82) is 0 Å². The fourth-order valence-corrected chi connectivity index (χ4v) is 3.86. The summed E-state index contributed by atoms with van der Waals surface area (Å²) in [5.74, 6) is 0.292. The minimum atomic E-state index is -0.304. The SMILES string of the molecule is COCCCOc1cc2c(nc1Cl)-c1cc(=O)c(C(C)=O)cn1[C@H](C(C)(C)C)C2. The maximum atomic E-state index is 12.5. The smallest absolute Gasteiger partial charge is 0.193 e. The number of rotatable bonds is 6.